The van der Waals surface area contributed by atoms with Gasteiger partial charge in [-0.05, 0) is 99.9 Å². The summed E-state index contributed by atoms with van der Waals surface area (Å²) >= 11 is 0. The van der Waals surface area contributed by atoms with E-state index < -0.39 is 73.3 Å². The zero-order chi connectivity index (χ0) is 41.6. The lowest BCUT2D eigenvalue weighted by Gasteiger charge is -2.44. The fraction of sp³-hybridized carbons (Fsp3) is 0.780. The van der Waals surface area contributed by atoms with Crippen LogP contribution in [0.2, 0.25) is 0 Å². The van der Waals surface area contributed by atoms with Crippen LogP contribution in [0.3, 0.4) is 0 Å². The number of aliphatic hydroxyl groups excluding tert-OH is 1. The molecule has 0 aromatic rings. The number of ether oxygens (including phenoxy) is 5. The van der Waals surface area contributed by atoms with Gasteiger partial charge >= 0.3 is 33.3 Å². The van der Waals surface area contributed by atoms with E-state index in [0.29, 0.717) is 50.5 Å². The molecule has 0 aromatic heterocycles. The summed E-state index contributed by atoms with van der Waals surface area (Å²) in [6, 6.07) is 0. The Morgan fingerprint density at radius 2 is 1.51 bits per heavy atom. The van der Waals surface area contributed by atoms with E-state index in [2.05, 4.69) is 12.2 Å². The van der Waals surface area contributed by atoms with Gasteiger partial charge in [0.15, 0.2) is 0 Å². The van der Waals surface area contributed by atoms with Crippen molar-refractivity contribution in [3.05, 3.63) is 35.1 Å². The van der Waals surface area contributed by atoms with Gasteiger partial charge in [0, 0.05) is 13.0 Å². The van der Waals surface area contributed by atoms with Gasteiger partial charge in [0.05, 0.1) is 41.3 Å². The van der Waals surface area contributed by atoms with Crippen LogP contribution in [0.25, 0.3) is 0 Å². The van der Waals surface area contributed by atoms with Gasteiger partial charge in [-0.25, -0.2) is 4.79 Å². The molecule has 57 heavy (non-hydrogen) atoms. The third-order valence-electron chi connectivity index (χ3n) is 12.6. The molecule has 5 aliphatic carbocycles. The maximum Gasteiger partial charge on any atom is 0.465 e. The summed E-state index contributed by atoms with van der Waals surface area (Å²) in [4.78, 5) is 40.5. The van der Waals surface area contributed by atoms with E-state index in [1.807, 2.05) is 20.8 Å². The van der Waals surface area contributed by atoms with Gasteiger partial charge in [-0.15, -0.1) is 0 Å². The Balaban J connectivity index is 1.25. The lowest BCUT2D eigenvalue weighted by Crippen LogP contribution is -2.49. The SMILES string of the molecule is CC1C=C2CC(C(=O)OCC3(COC(=O)C45CC(=CC(C)C4)CC(O)C5)CO/C=C4\CC(C)CC(OC(=O)C(F)(F)S(=O)(=O)O)(C4)CC(C)COC3)CC(O)(C2)C1. The molecule has 10 unspecified atom stereocenters. The van der Waals surface area contributed by atoms with E-state index in [0.717, 1.165) is 11.1 Å². The zero-order valence-corrected chi connectivity index (χ0v) is 34.1. The Morgan fingerprint density at radius 1 is 0.842 bits per heavy atom. The van der Waals surface area contributed by atoms with E-state index in [9.17, 15) is 41.8 Å². The van der Waals surface area contributed by atoms with Crippen LogP contribution in [0.4, 0.5) is 8.78 Å². The average molecular weight is 829 g/mol. The third-order valence-corrected chi connectivity index (χ3v) is 13.4. The van der Waals surface area contributed by atoms with E-state index in [1.54, 1.807) is 6.92 Å². The summed E-state index contributed by atoms with van der Waals surface area (Å²) in [7, 11) is -6.09. The van der Waals surface area contributed by atoms with Crippen molar-refractivity contribution in [3.8, 4) is 0 Å². The molecule has 3 saturated carbocycles. The minimum atomic E-state index is -6.09. The second-order valence-corrected chi connectivity index (χ2v) is 20.4. The van der Waals surface area contributed by atoms with Gasteiger partial charge in [0.25, 0.3) is 0 Å². The number of halogens is 2. The molecule has 10 atom stereocenters. The van der Waals surface area contributed by atoms with Crippen LogP contribution < -0.4 is 0 Å². The second-order valence-electron chi connectivity index (χ2n) is 18.9. The number of carbonyl (C=O) groups is 3. The first-order valence-electron chi connectivity index (χ1n) is 20.1. The molecule has 0 spiro atoms. The monoisotopic (exact) mass is 828 g/mol. The lowest BCUT2D eigenvalue weighted by molar-refractivity contribution is -0.185. The van der Waals surface area contributed by atoms with Gasteiger partial charge < -0.3 is 33.9 Å². The van der Waals surface area contributed by atoms with Crippen LogP contribution in [0.1, 0.15) is 105 Å². The number of hydrogen-bond acceptors (Lipinski definition) is 12. The number of allylic oxidation sites excluding steroid dienone is 2. The van der Waals surface area contributed by atoms with Gasteiger partial charge in [-0.2, -0.15) is 17.2 Å². The van der Waals surface area contributed by atoms with Crippen LogP contribution in [0.15, 0.2) is 35.1 Å². The van der Waals surface area contributed by atoms with Crippen molar-refractivity contribution in [3.63, 3.8) is 0 Å². The Morgan fingerprint density at radius 3 is 2.21 bits per heavy atom. The summed E-state index contributed by atoms with van der Waals surface area (Å²) in [6.45, 7) is 6.80. The van der Waals surface area contributed by atoms with Crippen LogP contribution in [-0.2, 0) is 48.2 Å². The minimum Gasteiger partial charge on any atom is -0.500 e. The third kappa shape index (κ3) is 9.93. The minimum absolute atomic E-state index is 0.00309. The summed E-state index contributed by atoms with van der Waals surface area (Å²) in [5.74, 6) is -4.29. The zero-order valence-electron chi connectivity index (χ0n) is 33.3. The Labute approximate surface area is 333 Å². The van der Waals surface area contributed by atoms with Gasteiger partial charge in [-0.3, -0.25) is 14.1 Å². The largest absolute Gasteiger partial charge is 0.500 e. The lowest BCUT2D eigenvalue weighted by atomic mass is 9.63. The van der Waals surface area contributed by atoms with Crippen molar-refractivity contribution in [2.24, 2.45) is 40.4 Å². The molecule has 6 aliphatic rings. The summed E-state index contributed by atoms with van der Waals surface area (Å²) < 4.78 is 90.6. The molecule has 6 bridgehead atoms. The average Bonchev–Trinajstić information content (AvgIpc) is 3.06. The highest BCUT2D eigenvalue weighted by molar-refractivity contribution is 7.87. The van der Waals surface area contributed by atoms with Crippen molar-refractivity contribution in [1.82, 2.24) is 0 Å². The standard InChI is InChI=1S/C41H58F2O13S/c1-25-5-30-9-33(44)18-38(10-25,14-30)35(46)55-24-37(23-54-34(45)32-8-29-6-26(2)11-39(48,15-29)17-32)21-52-19-28(4)13-40(56-36(47)41(42,43)57(49,50)51)12-27(3)7-31(16-40)20-53-22-37/h5-6,20,25-28,32-33,44,48H,7-19,21-24H2,1-4H3,(H,49,50,51)/b31-20+. The fourth-order valence-corrected chi connectivity index (χ4v) is 11.1. The Bertz CT molecular complexity index is 1780. The first kappa shape index (κ1) is 43.7. The predicted molar refractivity (Wildman–Crippen MR) is 200 cm³/mol. The molecule has 3 fully saturated rings. The summed E-state index contributed by atoms with van der Waals surface area (Å²) in [6.07, 6.45) is 8.97. The van der Waals surface area contributed by atoms with E-state index >= 15 is 0 Å². The first-order chi connectivity index (χ1) is 26.5. The topological polar surface area (TPSA) is 192 Å². The van der Waals surface area contributed by atoms with Gasteiger partial charge in [0.2, 0.25) is 0 Å². The van der Waals surface area contributed by atoms with Crippen molar-refractivity contribution >= 4 is 28.0 Å². The number of rotatable bonds is 9. The van der Waals surface area contributed by atoms with Crippen molar-refractivity contribution in [2.45, 2.75) is 127 Å². The predicted octanol–water partition coefficient (Wildman–Crippen LogP) is 5.59. The summed E-state index contributed by atoms with van der Waals surface area (Å²) in [5, 5.41) is 16.8. The number of hydrogen-bond donors (Lipinski definition) is 3. The Hall–Kier alpha value is -2.92. The molecule has 0 radical (unpaired) electrons. The summed E-state index contributed by atoms with van der Waals surface area (Å²) in [5.41, 5.74) is -2.11. The molecule has 0 aromatic carbocycles. The number of alkyl halides is 2. The van der Waals surface area contributed by atoms with Gasteiger partial charge in [-0.1, -0.05) is 51.0 Å². The molecular weight excluding hydrogens is 771 g/mol. The highest BCUT2D eigenvalue weighted by Gasteiger charge is 2.57. The highest BCUT2D eigenvalue weighted by atomic mass is 32.2. The van der Waals surface area contributed by atoms with Crippen molar-refractivity contribution in [2.75, 3.05) is 33.0 Å². The number of carbonyl (C=O) groups excluding carboxylic acids is 3. The molecular formula is C41H58F2O13S. The molecule has 1 heterocycles. The van der Waals surface area contributed by atoms with Crippen molar-refractivity contribution < 1.29 is 70.0 Å². The van der Waals surface area contributed by atoms with Crippen LogP contribution in [-0.4, -0.2) is 96.7 Å². The highest BCUT2D eigenvalue weighted by Crippen LogP contribution is 2.50. The van der Waals surface area contributed by atoms with Crippen LogP contribution in [0.5, 0.6) is 0 Å². The molecule has 16 heteroatoms. The van der Waals surface area contributed by atoms with E-state index in [1.165, 1.54) is 6.26 Å². The molecule has 1 aliphatic heterocycles. The van der Waals surface area contributed by atoms with Gasteiger partial charge in [0.1, 0.15) is 25.4 Å². The molecule has 0 saturated heterocycles. The van der Waals surface area contributed by atoms with Crippen LogP contribution >= 0.6 is 0 Å². The van der Waals surface area contributed by atoms with E-state index in [4.69, 9.17) is 28.2 Å². The maximum atomic E-state index is 14.4. The molecule has 3 N–H and O–H groups in total. The van der Waals surface area contributed by atoms with Crippen LogP contribution in [0, 0.1) is 40.4 Å². The number of fused-ring (bicyclic) bond motifs is 6. The van der Waals surface area contributed by atoms with Crippen molar-refractivity contribution in [1.29, 1.82) is 0 Å². The smallest absolute Gasteiger partial charge is 0.465 e. The second kappa shape index (κ2) is 16.3. The quantitative estimate of drug-likeness (QED) is 0.113. The molecule has 320 valence electrons. The normalized spacial score (nSPS) is 39.6. The number of aliphatic hydroxyl groups is 2. The fourth-order valence-electron chi connectivity index (χ4n) is 10.8. The van der Waals surface area contributed by atoms with E-state index in [-0.39, 0.29) is 82.9 Å². The first-order valence-corrected chi connectivity index (χ1v) is 21.6. The molecule has 0 amide bonds. The molecule has 6 rings (SSSR count). The maximum absolute atomic E-state index is 14.4. The number of esters is 3. The Kier molecular flexibility index (Phi) is 12.5. The molecule has 13 nitrogen and oxygen atoms in total.